The van der Waals surface area contributed by atoms with Crippen LogP contribution >= 0.6 is 11.3 Å². The topological polar surface area (TPSA) is 105 Å². The van der Waals surface area contributed by atoms with Gasteiger partial charge in [0.05, 0.1) is 22.0 Å². The number of thiophene rings is 1. The third-order valence-electron chi connectivity index (χ3n) is 5.90. The molecular formula is C27H19N7O2S. The van der Waals surface area contributed by atoms with Gasteiger partial charge in [0, 0.05) is 23.4 Å². The van der Waals surface area contributed by atoms with E-state index in [0.29, 0.717) is 18.1 Å². The summed E-state index contributed by atoms with van der Waals surface area (Å²) in [6.07, 6.45) is 0. The van der Waals surface area contributed by atoms with Gasteiger partial charge in [-0.2, -0.15) is 0 Å². The second-order valence-electron chi connectivity index (χ2n) is 8.23. The molecule has 0 spiro atoms. The molecule has 6 aromatic rings. The van der Waals surface area contributed by atoms with Crippen LogP contribution in [0.15, 0.2) is 102 Å². The van der Waals surface area contributed by atoms with Crippen molar-refractivity contribution < 1.29 is 4.92 Å². The highest BCUT2D eigenvalue weighted by Gasteiger charge is 2.26. The highest BCUT2D eigenvalue weighted by atomic mass is 32.1. The van der Waals surface area contributed by atoms with Crippen molar-refractivity contribution in [1.29, 1.82) is 0 Å². The Kier molecular flexibility index (Phi) is 5.83. The van der Waals surface area contributed by atoms with Crippen molar-refractivity contribution in [2.24, 2.45) is 0 Å². The van der Waals surface area contributed by atoms with Crippen molar-refractivity contribution in [3.8, 4) is 39.2 Å². The summed E-state index contributed by atoms with van der Waals surface area (Å²) in [5, 5.41) is 25.6. The van der Waals surface area contributed by atoms with Crippen LogP contribution in [0.4, 0.5) is 5.69 Å². The van der Waals surface area contributed by atoms with E-state index in [-0.39, 0.29) is 5.69 Å². The van der Waals surface area contributed by atoms with Crippen LogP contribution in [-0.4, -0.2) is 34.7 Å². The summed E-state index contributed by atoms with van der Waals surface area (Å²) in [5.41, 5.74) is 4.34. The summed E-state index contributed by atoms with van der Waals surface area (Å²) in [4.78, 5) is 16.8. The maximum Gasteiger partial charge on any atom is 0.269 e. The zero-order valence-electron chi connectivity index (χ0n) is 19.4. The van der Waals surface area contributed by atoms with E-state index in [1.165, 1.54) is 12.1 Å². The first-order valence-electron chi connectivity index (χ1n) is 11.5. The molecule has 0 atom stereocenters. The van der Waals surface area contributed by atoms with Gasteiger partial charge < -0.3 is 0 Å². The van der Waals surface area contributed by atoms with E-state index in [1.807, 2.05) is 60.0 Å². The van der Waals surface area contributed by atoms with E-state index in [1.54, 1.807) is 28.2 Å². The molecule has 0 radical (unpaired) electrons. The predicted molar refractivity (Wildman–Crippen MR) is 141 cm³/mol. The number of non-ortho nitro benzene ring substituents is 1. The average Bonchev–Trinajstić information content (AvgIpc) is 3.70. The number of benzene rings is 3. The van der Waals surface area contributed by atoms with Gasteiger partial charge >= 0.3 is 0 Å². The lowest BCUT2D eigenvalue weighted by Gasteiger charge is -2.12. The van der Waals surface area contributed by atoms with E-state index in [4.69, 9.17) is 4.98 Å². The first-order valence-corrected chi connectivity index (χ1v) is 12.3. The van der Waals surface area contributed by atoms with Gasteiger partial charge in [-0.05, 0) is 39.6 Å². The van der Waals surface area contributed by atoms with Crippen LogP contribution in [0.3, 0.4) is 0 Å². The smallest absolute Gasteiger partial charge is 0.269 e. The van der Waals surface area contributed by atoms with Gasteiger partial charge in [0.15, 0.2) is 0 Å². The van der Waals surface area contributed by atoms with Crippen molar-refractivity contribution in [2.45, 2.75) is 6.54 Å². The molecule has 0 saturated carbocycles. The lowest BCUT2D eigenvalue weighted by molar-refractivity contribution is -0.384. The molecule has 0 saturated heterocycles. The summed E-state index contributed by atoms with van der Waals surface area (Å²) >= 11 is 1.62. The van der Waals surface area contributed by atoms with Gasteiger partial charge in [0.1, 0.15) is 11.5 Å². The number of nitro benzene ring substituents is 1. The van der Waals surface area contributed by atoms with Gasteiger partial charge in [0.25, 0.3) is 5.69 Å². The minimum absolute atomic E-state index is 0.0368. The van der Waals surface area contributed by atoms with E-state index in [9.17, 15) is 10.1 Å². The van der Waals surface area contributed by atoms with Crippen LogP contribution in [0.25, 0.3) is 39.2 Å². The van der Waals surface area contributed by atoms with Gasteiger partial charge in [0.2, 0.25) is 5.82 Å². The Bertz CT molecular complexity index is 1660. The largest absolute Gasteiger partial charge is 0.291 e. The molecule has 3 aromatic carbocycles. The molecule has 0 amide bonds. The van der Waals surface area contributed by atoms with Crippen LogP contribution in [0.5, 0.6) is 0 Å². The molecular weight excluding hydrogens is 486 g/mol. The maximum absolute atomic E-state index is 11.0. The zero-order chi connectivity index (χ0) is 25.2. The molecule has 3 heterocycles. The predicted octanol–water partition coefficient (Wildman–Crippen LogP) is 5.88. The average molecular weight is 506 g/mol. The number of hydrogen-bond donors (Lipinski definition) is 0. The molecule has 37 heavy (non-hydrogen) atoms. The first kappa shape index (κ1) is 22.5. The number of tetrazole rings is 1. The van der Waals surface area contributed by atoms with Crippen LogP contribution in [0.2, 0.25) is 0 Å². The number of para-hydroxylation sites is 1. The minimum atomic E-state index is -0.416. The molecule has 0 aliphatic heterocycles. The second-order valence-corrected chi connectivity index (χ2v) is 9.18. The molecule has 3 aromatic heterocycles. The normalized spacial score (nSPS) is 11.0. The van der Waals surface area contributed by atoms with Gasteiger partial charge in [-0.1, -0.05) is 66.7 Å². The van der Waals surface area contributed by atoms with Crippen LogP contribution < -0.4 is 0 Å². The summed E-state index contributed by atoms with van der Waals surface area (Å²) in [6, 6.07) is 30.6. The fourth-order valence-corrected chi connectivity index (χ4v) is 4.96. The third-order valence-corrected chi connectivity index (χ3v) is 6.78. The van der Waals surface area contributed by atoms with Crippen LogP contribution in [0.1, 0.15) is 5.56 Å². The minimum Gasteiger partial charge on any atom is -0.291 e. The molecule has 6 rings (SSSR count). The summed E-state index contributed by atoms with van der Waals surface area (Å²) < 4.78 is 3.81. The Hall–Kier alpha value is -4.96. The van der Waals surface area contributed by atoms with Crippen molar-refractivity contribution in [1.82, 2.24) is 29.8 Å². The number of nitro groups is 1. The quantitative estimate of drug-likeness (QED) is 0.198. The molecule has 10 heteroatoms. The molecule has 180 valence electrons. The Balaban J connectivity index is 1.55. The molecule has 0 N–H and O–H groups in total. The molecule has 0 aliphatic rings. The number of aromatic nitrogens is 6. The highest BCUT2D eigenvalue weighted by Crippen LogP contribution is 2.39. The number of rotatable bonds is 7. The molecule has 9 nitrogen and oxygen atoms in total. The van der Waals surface area contributed by atoms with Crippen molar-refractivity contribution in [3.63, 3.8) is 0 Å². The van der Waals surface area contributed by atoms with E-state index < -0.39 is 4.92 Å². The summed E-state index contributed by atoms with van der Waals surface area (Å²) in [7, 11) is 0. The van der Waals surface area contributed by atoms with Crippen molar-refractivity contribution >= 4 is 17.0 Å². The Morgan fingerprint density at radius 2 is 1.57 bits per heavy atom. The molecule has 0 fully saturated rings. The van der Waals surface area contributed by atoms with E-state index in [0.717, 1.165) is 33.2 Å². The Morgan fingerprint density at radius 1 is 0.838 bits per heavy atom. The summed E-state index contributed by atoms with van der Waals surface area (Å²) in [6.45, 7) is 0.336. The number of hydrogen-bond acceptors (Lipinski definition) is 7. The number of nitrogens with zero attached hydrogens (tertiary/aromatic N) is 7. The van der Waals surface area contributed by atoms with Crippen molar-refractivity contribution in [3.05, 3.63) is 118 Å². The van der Waals surface area contributed by atoms with Gasteiger partial charge in [-0.3, -0.25) is 14.7 Å². The lowest BCUT2D eigenvalue weighted by atomic mass is 10.2. The van der Waals surface area contributed by atoms with Gasteiger partial charge in [-0.15, -0.1) is 16.4 Å². The standard InChI is InChI=1S/C27H19N7O2S/c35-34(36)22-15-13-19(14-16-22)18-32-27(29-30-31-32)24-25(23-12-7-17-37-23)33(21-10-5-2-6-11-21)26(28-24)20-8-3-1-4-9-20/h1-17H,18H2. The third kappa shape index (κ3) is 4.30. The summed E-state index contributed by atoms with van der Waals surface area (Å²) in [5.74, 6) is 1.28. The van der Waals surface area contributed by atoms with Crippen molar-refractivity contribution in [2.75, 3.05) is 0 Å². The second kappa shape index (κ2) is 9.59. The monoisotopic (exact) mass is 505 g/mol. The fraction of sp³-hybridized carbons (Fsp3) is 0.0370. The van der Waals surface area contributed by atoms with Crippen LogP contribution in [0, 0.1) is 10.1 Å². The van der Waals surface area contributed by atoms with Gasteiger partial charge in [-0.25, -0.2) is 9.67 Å². The Morgan fingerprint density at radius 3 is 2.24 bits per heavy atom. The first-order chi connectivity index (χ1) is 18.2. The maximum atomic E-state index is 11.0. The fourth-order valence-electron chi connectivity index (χ4n) is 4.20. The Labute approximate surface area is 215 Å². The van der Waals surface area contributed by atoms with E-state index >= 15 is 0 Å². The number of imidazole rings is 1. The zero-order valence-corrected chi connectivity index (χ0v) is 20.2. The molecule has 0 bridgehead atoms. The SMILES string of the molecule is O=[N+]([O-])c1ccc(Cn2nnnc2-c2nc(-c3ccccc3)n(-c3ccccc3)c2-c2cccs2)cc1. The van der Waals surface area contributed by atoms with Crippen LogP contribution in [-0.2, 0) is 6.54 Å². The molecule has 0 aliphatic carbocycles. The molecule has 0 unspecified atom stereocenters. The lowest BCUT2D eigenvalue weighted by Crippen LogP contribution is -2.05. The van der Waals surface area contributed by atoms with E-state index in [2.05, 4.69) is 38.3 Å². The highest BCUT2D eigenvalue weighted by molar-refractivity contribution is 7.13.